The molecule has 0 aromatic rings. The van der Waals surface area contributed by atoms with Crippen LogP contribution in [0.5, 0.6) is 0 Å². The monoisotopic (exact) mass is 208 g/mol. The second-order valence-corrected chi connectivity index (χ2v) is 4.84. The molecular weight excluding hydrogens is 191 g/mol. The van der Waals surface area contributed by atoms with Gasteiger partial charge in [-0.1, -0.05) is 26.2 Å². The van der Waals surface area contributed by atoms with E-state index >= 15 is 0 Å². The van der Waals surface area contributed by atoms with Crippen LogP contribution in [0.2, 0.25) is 0 Å². The molecule has 0 radical (unpaired) electrons. The molecular formula is C8H17O4P. The number of phosphoric acid groups is 1. The minimum atomic E-state index is -4.32. The lowest BCUT2D eigenvalue weighted by Gasteiger charge is -2.35. The van der Waals surface area contributed by atoms with Crippen LogP contribution in [0.4, 0.5) is 0 Å². The van der Waals surface area contributed by atoms with Gasteiger partial charge in [-0.3, -0.25) is 4.52 Å². The zero-order valence-electron chi connectivity index (χ0n) is 7.90. The topological polar surface area (TPSA) is 66.8 Å². The maximum atomic E-state index is 10.7. The highest BCUT2D eigenvalue weighted by Crippen LogP contribution is 2.47. The van der Waals surface area contributed by atoms with E-state index in [-0.39, 0.29) is 0 Å². The Balaban J connectivity index is 2.63. The summed E-state index contributed by atoms with van der Waals surface area (Å²) in [4.78, 5) is 17.5. The summed E-state index contributed by atoms with van der Waals surface area (Å²) in [7, 11) is -4.32. The Kier molecular flexibility index (Phi) is 3.52. The van der Waals surface area contributed by atoms with Crippen LogP contribution < -0.4 is 0 Å². The Bertz CT molecular complexity index is 204. The fraction of sp³-hybridized carbons (Fsp3) is 1.00. The van der Waals surface area contributed by atoms with Gasteiger partial charge in [0.15, 0.2) is 0 Å². The molecule has 0 amide bonds. The molecule has 0 saturated heterocycles. The first-order valence-corrected chi connectivity index (χ1v) is 6.27. The third kappa shape index (κ3) is 3.39. The first kappa shape index (κ1) is 11.2. The molecule has 0 bridgehead atoms. The smallest absolute Gasteiger partial charge is 0.303 e. The highest BCUT2D eigenvalue weighted by Gasteiger charge is 2.37. The van der Waals surface area contributed by atoms with Gasteiger partial charge >= 0.3 is 7.82 Å². The van der Waals surface area contributed by atoms with Crippen molar-refractivity contribution in [1.82, 2.24) is 0 Å². The molecule has 0 aliphatic heterocycles. The van der Waals surface area contributed by atoms with Gasteiger partial charge in [0.05, 0.1) is 5.60 Å². The highest BCUT2D eigenvalue weighted by atomic mass is 31.2. The van der Waals surface area contributed by atoms with Gasteiger partial charge in [0.2, 0.25) is 0 Å². The van der Waals surface area contributed by atoms with E-state index < -0.39 is 13.4 Å². The van der Waals surface area contributed by atoms with Crippen molar-refractivity contribution in [2.75, 3.05) is 0 Å². The standard InChI is InChI=1S/C8H17O4P/c1-2-8(12-13(9,10)11)6-4-3-5-7-8/h2-7H2,1H3,(H2,9,10,11). The van der Waals surface area contributed by atoms with Crippen LogP contribution in [0.3, 0.4) is 0 Å². The lowest BCUT2D eigenvalue weighted by Crippen LogP contribution is -2.33. The third-order valence-electron chi connectivity index (χ3n) is 2.72. The van der Waals surface area contributed by atoms with Crippen molar-refractivity contribution < 1.29 is 18.9 Å². The van der Waals surface area contributed by atoms with Crippen molar-refractivity contribution in [2.24, 2.45) is 0 Å². The molecule has 0 aromatic heterocycles. The quantitative estimate of drug-likeness (QED) is 0.698. The number of hydrogen-bond donors (Lipinski definition) is 2. The zero-order chi connectivity index (χ0) is 9.95. The van der Waals surface area contributed by atoms with Crippen LogP contribution in [0.15, 0.2) is 0 Å². The molecule has 4 nitrogen and oxygen atoms in total. The summed E-state index contributed by atoms with van der Waals surface area (Å²) in [6.07, 6.45) is 5.38. The largest absolute Gasteiger partial charge is 0.470 e. The van der Waals surface area contributed by atoms with Crippen LogP contribution in [-0.4, -0.2) is 15.4 Å². The van der Waals surface area contributed by atoms with E-state index in [1.54, 1.807) is 0 Å². The Morgan fingerprint density at radius 3 is 2.23 bits per heavy atom. The molecule has 2 N–H and O–H groups in total. The fourth-order valence-electron chi connectivity index (χ4n) is 1.96. The first-order valence-electron chi connectivity index (χ1n) is 4.74. The van der Waals surface area contributed by atoms with E-state index in [2.05, 4.69) is 0 Å². The molecule has 1 rings (SSSR count). The van der Waals surface area contributed by atoms with Gasteiger partial charge in [-0.05, 0) is 19.3 Å². The maximum absolute atomic E-state index is 10.7. The first-order chi connectivity index (χ1) is 5.97. The van der Waals surface area contributed by atoms with Crippen molar-refractivity contribution in [1.29, 1.82) is 0 Å². The summed E-state index contributed by atoms with van der Waals surface area (Å²) in [5.74, 6) is 0. The molecule has 1 aliphatic carbocycles. The van der Waals surface area contributed by atoms with Crippen molar-refractivity contribution in [3.05, 3.63) is 0 Å². The molecule has 78 valence electrons. The van der Waals surface area contributed by atoms with E-state index in [9.17, 15) is 4.57 Å². The second-order valence-electron chi connectivity index (χ2n) is 3.68. The molecule has 0 atom stereocenters. The summed E-state index contributed by atoms with van der Waals surface area (Å²) in [5.41, 5.74) is -0.558. The minimum absolute atomic E-state index is 0.558. The highest BCUT2D eigenvalue weighted by molar-refractivity contribution is 7.46. The maximum Gasteiger partial charge on any atom is 0.470 e. The van der Waals surface area contributed by atoms with Crippen LogP contribution in [-0.2, 0) is 9.09 Å². The normalized spacial score (nSPS) is 23.0. The van der Waals surface area contributed by atoms with E-state index in [0.717, 1.165) is 32.1 Å². The van der Waals surface area contributed by atoms with Gasteiger partial charge in [0.1, 0.15) is 0 Å². The van der Waals surface area contributed by atoms with Gasteiger partial charge in [0.25, 0.3) is 0 Å². The average molecular weight is 208 g/mol. The molecule has 0 heterocycles. The Morgan fingerprint density at radius 1 is 1.31 bits per heavy atom. The number of phosphoric ester groups is 1. The van der Waals surface area contributed by atoms with Gasteiger partial charge < -0.3 is 9.79 Å². The van der Waals surface area contributed by atoms with Crippen molar-refractivity contribution in [3.8, 4) is 0 Å². The molecule has 1 saturated carbocycles. The summed E-state index contributed by atoms with van der Waals surface area (Å²) >= 11 is 0. The molecule has 0 unspecified atom stereocenters. The predicted octanol–water partition coefficient (Wildman–Crippen LogP) is 2.21. The average Bonchev–Trinajstić information content (AvgIpc) is 2.03. The van der Waals surface area contributed by atoms with Gasteiger partial charge in [0, 0.05) is 0 Å². The fourth-order valence-corrected chi connectivity index (χ4v) is 2.77. The minimum Gasteiger partial charge on any atom is -0.303 e. The molecule has 0 aromatic carbocycles. The van der Waals surface area contributed by atoms with Crippen LogP contribution >= 0.6 is 7.82 Å². The Morgan fingerprint density at radius 2 is 1.85 bits per heavy atom. The van der Waals surface area contributed by atoms with Crippen molar-refractivity contribution >= 4 is 7.82 Å². The lowest BCUT2D eigenvalue weighted by atomic mass is 9.83. The van der Waals surface area contributed by atoms with Gasteiger partial charge in [-0.2, -0.15) is 0 Å². The second kappa shape index (κ2) is 4.09. The summed E-state index contributed by atoms with van der Waals surface area (Å²) in [6, 6.07) is 0. The third-order valence-corrected chi connectivity index (χ3v) is 3.35. The Labute approximate surface area is 78.5 Å². The van der Waals surface area contributed by atoms with E-state index in [4.69, 9.17) is 14.3 Å². The van der Waals surface area contributed by atoms with E-state index in [0.29, 0.717) is 6.42 Å². The molecule has 13 heavy (non-hydrogen) atoms. The molecule has 1 aliphatic rings. The van der Waals surface area contributed by atoms with E-state index in [1.807, 2.05) is 6.92 Å². The summed E-state index contributed by atoms with van der Waals surface area (Å²) < 4.78 is 15.6. The summed E-state index contributed by atoms with van der Waals surface area (Å²) in [6.45, 7) is 1.92. The van der Waals surface area contributed by atoms with Crippen molar-refractivity contribution in [3.63, 3.8) is 0 Å². The molecule has 0 spiro atoms. The van der Waals surface area contributed by atoms with Gasteiger partial charge in [-0.25, -0.2) is 4.57 Å². The van der Waals surface area contributed by atoms with E-state index in [1.165, 1.54) is 0 Å². The Hall–Kier alpha value is 0.110. The lowest BCUT2D eigenvalue weighted by molar-refractivity contribution is -0.000196. The SMILES string of the molecule is CCC1(OP(=O)(O)O)CCCCC1. The number of hydrogen-bond acceptors (Lipinski definition) is 2. The number of rotatable bonds is 3. The predicted molar refractivity (Wildman–Crippen MR) is 49.2 cm³/mol. The van der Waals surface area contributed by atoms with Crippen LogP contribution in [0.1, 0.15) is 45.4 Å². The van der Waals surface area contributed by atoms with Gasteiger partial charge in [-0.15, -0.1) is 0 Å². The van der Waals surface area contributed by atoms with Crippen LogP contribution in [0, 0.1) is 0 Å². The molecule has 1 fully saturated rings. The zero-order valence-corrected chi connectivity index (χ0v) is 8.80. The van der Waals surface area contributed by atoms with Crippen LogP contribution in [0.25, 0.3) is 0 Å². The van der Waals surface area contributed by atoms with Crippen molar-refractivity contribution in [2.45, 2.75) is 51.0 Å². The molecule has 5 heteroatoms. The summed E-state index contributed by atoms with van der Waals surface area (Å²) in [5, 5.41) is 0.